The predicted octanol–water partition coefficient (Wildman–Crippen LogP) is 3.53. The molecule has 0 aromatic heterocycles. The van der Waals surface area contributed by atoms with Gasteiger partial charge in [-0.3, -0.25) is 4.79 Å². The maximum absolute atomic E-state index is 14.9. The van der Waals surface area contributed by atoms with E-state index in [1.807, 2.05) is 0 Å². The summed E-state index contributed by atoms with van der Waals surface area (Å²) in [4.78, 5) is 11.7. The van der Waals surface area contributed by atoms with E-state index >= 15 is 0 Å². The van der Waals surface area contributed by atoms with Crippen molar-refractivity contribution < 1.29 is 39.2 Å². The number of nitrogens with one attached hydrogen (secondary N) is 2. The lowest BCUT2D eigenvalue weighted by molar-refractivity contribution is -0.137. The molecule has 15 heteroatoms. The smallest absolute Gasteiger partial charge is 0.352 e. The van der Waals surface area contributed by atoms with Gasteiger partial charge in [-0.05, 0) is 48.2 Å². The number of benzene rings is 2. The second-order valence-corrected chi connectivity index (χ2v) is 13.1. The quantitative estimate of drug-likeness (QED) is 0.378. The molecule has 2 N–H and O–H groups in total. The number of rotatable bonds is 11. The number of hydrogen-bond acceptors (Lipinski definition) is 5. The lowest BCUT2D eigenvalue weighted by Gasteiger charge is -2.24. The summed E-state index contributed by atoms with van der Waals surface area (Å²) in [6, 6.07) is 6.77. The van der Waals surface area contributed by atoms with Crippen molar-refractivity contribution in [3.8, 4) is 0 Å². The van der Waals surface area contributed by atoms with E-state index in [2.05, 4.69) is 16.6 Å². The monoisotopic (exact) mass is 611 g/mol. The van der Waals surface area contributed by atoms with E-state index in [1.165, 1.54) is 18.2 Å². The third-order valence-corrected chi connectivity index (χ3v) is 9.54. The standard InChI is InChI=1S/C24H26ClF4N3O5S2/c1-16(25)15-38(34,35)31-14-20-3-2-10-32(20)39(36,37)22-9-6-18(11-21(22)26)12-23(33)30-13-17-4-7-19(8-5-17)24(27,28)29/h4-9,11,20,31H,1-3,10,12-15H2,(H,30,33)/t20-/m1/s1. The molecule has 8 nitrogen and oxygen atoms in total. The largest absolute Gasteiger partial charge is 0.416 e. The molecule has 2 aromatic rings. The highest BCUT2D eigenvalue weighted by molar-refractivity contribution is 7.89. The number of nitrogens with zero attached hydrogens (tertiary/aromatic N) is 1. The first-order chi connectivity index (χ1) is 18.1. The van der Waals surface area contributed by atoms with Crippen LogP contribution in [0.25, 0.3) is 0 Å². The molecular weight excluding hydrogens is 586 g/mol. The van der Waals surface area contributed by atoms with Crippen molar-refractivity contribution in [2.75, 3.05) is 18.8 Å². The minimum atomic E-state index is -4.47. The van der Waals surface area contributed by atoms with Crippen molar-refractivity contribution in [1.29, 1.82) is 0 Å². The molecule has 2 aromatic carbocycles. The Kier molecular flexibility index (Phi) is 9.81. The molecular formula is C24H26ClF4N3O5S2. The van der Waals surface area contributed by atoms with Crippen LogP contribution in [0.15, 0.2) is 59.0 Å². The Morgan fingerprint density at radius 3 is 2.31 bits per heavy atom. The van der Waals surface area contributed by atoms with E-state index in [1.54, 1.807) is 0 Å². The zero-order chi connectivity index (χ0) is 29.0. The molecule has 1 saturated heterocycles. The number of amides is 1. The fraction of sp³-hybridized carbons (Fsp3) is 0.375. The summed E-state index contributed by atoms with van der Waals surface area (Å²) in [6.07, 6.45) is -3.95. The van der Waals surface area contributed by atoms with Gasteiger partial charge in [-0.15, -0.1) is 0 Å². The maximum atomic E-state index is 14.9. The third-order valence-electron chi connectivity index (χ3n) is 5.93. The summed E-state index contributed by atoms with van der Waals surface area (Å²) in [6.45, 7) is 3.13. The first-order valence-corrected chi connectivity index (χ1v) is 15.1. The van der Waals surface area contributed by atoms with Gasteiger partial charge in [0.15, 0.2) is 0 Å². The molecule has 0 bridgehead atoms. The lowest BCUT2D eigenvalue weighted by atomic mass is 10.1. The van der Waals surface area contributed by atoms with Crippen molar-refractivity contribution in [3.05, 3.63) is 76.6 Å². The van der Waals surface area contributed by atoms with Crippen molar-refractivity contribution in [3.63, 3.8) is 0 Å². The minimum Gasteiger partial charge on any atom is -0.352 e. The van der Waals surface area contributed by atoms with Crippen LogP contribution in [0.1, 0.15) is 29.5 Å². The average Bonchev–Trinajstić information content (AvgIpc) is 3.30. The number of alkyl halides is 3. The van der Waals surface area contributed by atoms with Crippen molar-refractivity contribution in [2.24, 2.45) is 0 Å². The molecule has 1 aliphatic rings. The van der Waals surface area contributed by atoms with Crippen LogP contribution in [0.5, 0.6) is 0 Å². The second-order valence-electron chi connectivity index (χ2n) is 8.95. The molecule has 0 unspecified atom stereocenters. The molecule has 0 aliphatic carbocycles. The fourth-order valence-electron chi connectivity index (χ4n) is 4.06. The molecule has 214 valence electrons. The Hall–Kier alpha value is -2.52. The topological polar surface area (TPSA) is 113 Å². The van der Waals surface area contributed by atoms with Crippen molar-refractivity contribution in [1.82, 2.24) is 14.3 Å². The van der Waals surface area contributed by atoms with Gasteiger partial charge in [0.25, 0.3) is 0 Å². The predicted molar refractivity (Wildman–Crippen MR) is 137 cm³/mol. The van der Waals surface area contributed by atoms with E-state index in [4.69, 9.17) is 11.6 Å². The lowest BCUT2D eigenvalue weighted by Crippen LogP contribution is -2.43. The van der Waals surface area contributed by atoms with Crippen LogP contribution >= 0.6 is 11.6 Å². The van der Waals surface area contributed by atoms with Crippen LogP contribution in [0, 0.1) is 5.82 Å². The highest BCUT2D eigenvalue weighted by Gasteiger charge is 2.37. The molecule has 1 atom stereocenters. The molecule has 0 spiro atoms. The summed E-state index contributed by atoms with van der Waals surface area (Å²) >= 11 is 5.54. The molecule has 1 aliphatic heterocycles. The number of hydrogen-bond donors (Lipinski definition) is 2. The fourth-order valence-corrected chi connectivity index (χ4v) is 7.19. The summed E-state index contributed by atoms with van der Waals surface area (Å²) in [5.41, 5.74) is -0.204. The Morgan fingerprint density at radius 1 is 1.08 bits per heavy atom. The molecule has 3 rings (SSSR count). The third kappa shape index (κ3) is 8.48. The summed E-state index contributed by atoms with van der Waals surface area (Å²) < 4.78 is 107. The van der Waals surface area contributed by atoms with Crippen LogP contribution in [-0.4, -0.2) is 51.9 Å². The Balaban J connectivity index is 1.62. The Labute approximate surface area is 229 Å². The van der Waals surface area contributed by atoms with E-state index in [9.17, 15) is 39.2 Å². The summed E-state index contributed by atoms with van der Waals surface area (Å²) in [7, 11) is -8.13. The first kappa shape index (κ1) is 31.0. The SMILES string of the molecule is C=C(Cl)CS(=O)(=O)NC[C@H]1CCCN1S(=O)(=O)c1ccc(CC(=O)NCc2ccc(C(F)(F)F)cc2)cc1F. The molecule has 1 fully saturated rings. The van der Waals surface area contributed by atoms with E-state index < -0.39 is 60.2 Å². The van der Waals surface area contributed by atoms with Gasteiger partial charge in [0, 0.05) is 30.7 Å². The molecule has 0 saturated carbocycles. The number of sulfonamides is 2. The highest BCUT2D eigenvalue weighted by atomic mass is 35.5. The molecule has 1 heterocycles. The second kappa shape index (κ2) is 12.3. The minimum absolute atomic E-state index is 0.0506. The summed E-state index contributed by atoms with van der Waals surface area (Å²) in [5.74, 6) is -2.15. The van der Waals surface area contributed by atoms with E-state index in [0.717, 1.165) is 28.6 Å². The normalized spacial score (nSPS) is 16.8. The van der Waals surface area contributed by atoms with Gasteiger partial charge in [0.05, 0.1) is 17.7 Å². The van der Waals surface area contributed by atoms with E-state index in [-0.39, 0.29) is 36.7 Å². The first-order valence-electron chi connectivity index (χ1n) is 11.6. The molecule has 1 amide bonds. The highest BCUT2D eigenvalue weighted by Crippen LogP contribution is 2.29. The van der Waals surface area contributed by atoms with Gasteiger partial charge < -0.3 is 5.32 Å². The van der Waals surface area contributed by atoms with Crippen LogP contribution in [-0.2, 0) is 44.0 Å². The van der Waals surface area contributed by atoms with Gasteiger partial charge in [-0.25, -0.2) is 25.9 Å². The van der Waals surface area contributed by atoms with Gasteiger partial charge in [0.1, 0.15) is 10.7 Å². The number of carbonyl (C=O) groups excluding carboxylic acids is 1. The Morgan fingerprint density at radius 2 is 1.72 bits per heavy atom. The van der Waals surface area contributed by atoms with Crippen molar-refractivity contribution >= 4 is 37.6 Å². The van der Waals surface area contributed by atoms with E-state index in [0.29, 0.717) is 18.4 Å². The van der Waals surface area contributed by atoms with Gasteiger partial charge in [-0.1, -0.05) is 36.4 Å². The van der Waals surface area contributed by atoms with Gasteiger partial charge in [0.2, 0.25) is 26.0 Å². The number of carbonyl (C=O) groups is 1. The van der Waals surface area contributed by atoms with Crippen LogP contribution < -0.4 is 10.0 Å². The van der Waals surface area contributed by atoms with Crippen molar-refractivity contribution in [2.45, 2.75) is 42.9 Å². The number of halogens is 5. The van der Waals surface area contributed by atoms with Gasteiger partial charge in [-0.2, -0.15) is 17.5 Å². The zero-order valence-electron chi connectivity index (χ0n) is 20.5. The molecule has 0 radical (unpaired) electrons. The maximum Gasteiger partial charge on any atom is 0.416 e. The Bertz CT molecular complexity index is 1430. The van der Waals surface area contributed by atoms with Crippen LogP contribution in [0.4, 0.5) is 17.6 Å². The summed E-state index contributed by atoms with van der Waals surface area (Å²) in [5, 5.41) is 2.42. The van der Waals surface area contributed by atoms with Crippen LogP contribution in [0.2, 0.25) is 0 Å². The zero-order valence-corrected chi connectivity index (χ0v) is 22.9. The van der Waals surface area contributed by atoms with Crippen LogP contribution in [0.3, 0.4) is 0 Å². The molecule has 39 heavy (non-hydrogen) atoms. The average molecular weight is 612 g/mol. The van der Waals surface area contributed by atoms with Gasteiger partial charge >= 0.3 is 6.18 Å².